The summed E-state index contributed by atoms with van der Waals surface area (Å²) in [6, 6.07) is 0. The van der Waals surface area contributed by atoms with E-state index < -0.39 is 18.0 Å². The van der Waals surface area contributed by atoms with E-state index in [-0.39, 0.29) is 13.0 Å². The number of carbonyl (C=O) groups is 2. The van der Waals surface area contributed by atoms with E-state index in [1.54, 1.807) is 0 Å². The summed E-state index contributed by atoms with van der Waals surface area (Å²) < 4.78 is 13.6. The summed E-state index contributed by atoms with van der Waals surface area (Å²) in [6.07, 6.45) is 3.66. The molecule has 0 bridgehead atoms. The number of nitrogens with zero attached hydrogens (tertiary/aromatic N) is 1. The third-order valence-electron chi connectivity index (χ3n) is 2.94. The van der Waals surface area contributed by atoms with Crippen molar-refractivity contribution in [2.24, 2.45) is 0 Å². The lowest BCUT2D eigenvalue weighted by Gasteiger charge is -2.20. The third kappa shape index (κ3) is 9.45. The summed E-state index contributed by atoms with van der Waals surface area (Å²) >= 11 is 0. The molecule has 0 fully saturated rings. The Hall–Kier alpha value is -1.13. The van der Waals surface area contributed by atoms with Crippen molar-refractivity contribution in [1.82, 2.24) is 4.90 Å². The molecule has 0 aliphatic carbocycles. The molecule has 19 heavy (non-hydrogen) atoms. The van der Waals surface area contributed by atoms with Crippen LogP contribution in [0, 0.1) is 0 Å². The van der Waals surface area contributed by atoms with Gasteiger partial charge in [0.05, 0.1) is 6.42 Å². The van der Waals surface area contributed by atoms with Crippen LogP contribution in [0.3, 0.4) is 0 Å². The van der Waals surface area contributed by atoms with E-state index in [1.165, 1.54) is 4.90 Å². The minimum absolute atomic E-state index is 0.195. The van der Waals surface area contributed by atoms with Crippen molar-refractivity contribution in [3.8, 4) is 0 Å². The Balaban J connectivity index is 4.04. The van der Waals surface area contributed by atoms with Gasteiger partial charge < -0.3 is 10.0 Å². The SMILES string of the molecule is CCCCCCC(F)CC(=O)N(CCC)CC(=O)O. The van der Waals surface area contributed by atoms with E-state index >= 15 is 0 Å². The molecule has 0 aliphatic rings. The van der Waals surface area contributed by atoms with Crippen LogP contribution in [-0.2, 0) is 9.59 Å². The predicted molar refractivity (Wildman–Crippen MR) is 72.8 cm³/mol. The zero-order valence-electron chi connectivity index (χ0n) is 12.0. The Labute approximate surface area is 115 Å². The molecular formula is C14H26FNO3. The van der Waals surface area contributed by atoms with Crippen molar-refractivity contribution in [2.75, 3.05) is 13.1 Å². The van der Waals surface area contributed by atoms with Crippen LogP contribution < -0.4 is 0 Å². The van der Waals surface area contributed by atoms with Crippen molar-refractivity contribution < 1.29 is 19.1 Å². The number of halogens is 1. The first kappa shape index (κ1) is 17.9. The van der Waals surface area contributed by atoms with Gasteiger partial charge >= 0.3 is 5.97 Å². The van der Waals surface area contributed by atoms with Gasteiger partial charge in [0.15, 0.2) is 0 Å². The summed E-state index contributed by atoms with van der Waals surface area (Å²) in [7, 11) is 0. The highest BCUT2D eigenvalue weighted by atomic mass is 19.1. The number of rotatable bonds is 11. The fraction of sp³-hybridized carbons (Fsp3) is 0.857. The number of aliphatic carboxylic acids is 1. The largest absolute Gasteiger partial charge is 0.480 e. The van der Waals surface area contributed by atoms with E-state index in [4.69, 9.17) is 5.11 Å². The van der Waals surface area contributed by atoms with Gasteiger partial charge in [0, 0.05) is 6.54 Å². The van der Waals surface area contributed by atoms with E-state index in [1.807, 2.05) is 6.92 Å². The summed E-state index contributed by atoms with van der Waals surface area (Å²) in [6.45, 7) is 3.98. The van der Waals surface area contributed by atoms with Gasteiger partial charge in [-0.3, -0.25) is 9.59 Å². The van der Waals surface area contributed by atoms with Crippen LogP contribution in [0.1, 0.15) is 58.8 Å². The van der Waals surface area contributed by atoms with Gasteiger partial charge in [0.1, 0.15) is 12.7 Å². The highest BCUT2D eigenvalue weighted by Gasteiger charge is 2.19. The maximum atomic E-state index is 13.6. The van der Waals surface area contributed by atoms with Crippen LogP contribution in [0.2, 0.25) is 0 Å². The molecule has 0 aromatic heterocycles. The number of hydrogen-bond acceptors (Lipinski definition) is 2. The van der Waals surface area contributed by atoms with Crippen LogP contribution >= 0.6 is 0 Å². The van der Waals surface area contributed by atoms with Gasteiger partial charge in [-0.1, -0.05) is 39.5 Å². The molecule has 0 heterocycles. The summed E-state index contributed by atoms with van der Waals surface area (Å²) in [5.41, 5.74) is 0. The lowest BCUT2D eigenvalue weighted by Crippen LogP contribution is -2.37. The molecule has 1 amide bonds. The first-order chi connectivity index (χ1) is 9.01. The number of alkyl halides is 1. The minimum Gasteiger partial charge on any atom is -0.480 e. The molecule has 112 valence electrons. The topological polar surface area (TPSA) is 57.6 Å². The van der Waals surface area contributed by atoms with Crippen LogP contribution in [-0.4, -0.2) is 41.1 Å². The number of amides is 1. The molecule has 0 spiro atoms. The molecule has 0 radical (unpaired) electrons. The van der Waals surface area contributed by atoms with Crippen LogP contribution in [0.25, 0.3) is 0 Å². The van der Waals surface area contributed by atoms with Gasteiger partial charge in [0.2, 0.25) is 5.91 Å². The van der Waals surface area contributed by atoms with Crippen molar-refractivity contribution in [1.29, 1.82) is 0 Å². The van der Waals surface area contributed by atoms with Gasteiger partial charge in [0.25, 0.3) is 0 Å². The normalized spacial score (nSPS) is 12.2. The molecule has 4 nitrogen and oxygen atoms in total. The molecular weight excluding hydrogens is 249 g/mol. The van der Waals surface area contributed by atoms with Crippen molar-refractivity contribution in [3.05, 3.63) is 0 Å². The van der Waals surface area contributed by atoms with Crippen molar-refractivity contribution in [3.63, 3.8) is 0 Å². The van der Waals surface area contributed by atoms with E-state index in [9.17, 15) is 14.0 Å². The Bertz CT molecular complexity index is 271. The number of carboxylic acids is 1. The maximum Gasteiger partial charge on any atom is 0.323 e. The molecule has 1 unspecified atom stereocenters. The van der Waals surface area contributed by atoms with Gasteiger partial charge in [-0.05, 0) is 12.8 Å². The Morgan fingerprint density at radius 1 is 1.16 bits per heavy atom. The zero-order valence-corrected chi connectivity index (χ0v) is 12.0. The molecule has 1 atom stereocenters. The fourth-order valence-electron chi connectivity index (χ4n) is 1.94. The minimum atomic E-state index is -1.16. The van der Waals surface area contributed by atoms with Crippen LogP contribution in [0.4, 0.5) is 4.39 Å². The Morgan fingerprint density at radius 2 is 1.84 bits per heavy atom. The van der Waals surface area contributed by atoms with Gasteiger partial charge in [-0.2, -0.15) is 0 Å². The van der Waals surface area contributed by atoms with E-state index in [0.717, 1.165) is 25.7 Å². The molecule has 0 aromatic rings. The van der Waals surface area contributed by atoms with E-state index in [2.05, 4.69) is 6.92 Å². The standard InChI is InChI=1S/C14H26FNO3/c1-3-5-6-7-8-12(15)10-13(17)16(9-4-2)11-14(18)19/h12H,3-11H2,1-2H3,(H,18,19). The second kappa shape index (κ2) is 10.8. The van der Waals surface area contributed by atoms with Crippen molar-refractivity contribution >= 4 is 11.9 Å². The summed E-state index contributed by atoms with van der Waals surface area (Å²) in [5, 5.41) is 8.71. The molecule has 0 saturated carbocycles. The zero-order chi connectivity index (χ0) is 14.7. The number of unbranched alkanes of at least 4 members (excludes halogenated alkanes) is 3. The summed E-state index contributed by atoms with van der Waals surface area (Å²) in [4.78, 5) is 23.6. The van der Waals surface area contributed by atoms with Crippen molar-refractivity contribution in [2.45, 2.75) is 65.0 Å². The first-order valence-corrected chi connectivity index (χ1v) is 7.14. The molecule has 1 N–H and O–H groups in total. The van der Waals surface area contributed by atoms with Gasteiger partial charge in [-0.25, -0.2) is 4.39 Å². The molecule has 5 heteroatoms. The highest BCUT2D eigenvalue weighted by molar-refractivity contribution is 5.81. The highest BCUT2D eigenvalue weighted by Crippen LogP contribution is 2.12. The van der Waals surface area contributed by atoms with Crippen LogP contribution in [0.5, 0.6) is 0 Å². The van der Waals surface area contributed by atoms with Gasteiger partial charge in [-0.15, -0.1) is 0 Å². The number of hydrogen-bond donors (Lipinski definition) is 1. The van der Waals surface area contributed by atoms with E-state index in [0.29, 0.717) is 19.4 Å². The fourth-order valence-corrected chi connectivity index (χ4v) is 1.94. The average Bonchev–Trinajstić information content (AvgIpc) is 2.33. The lowest BCUT2D eigenvalue weighted by molar-refractivity contribution is -0.145. The number of carbonyl (C=O) groups excluding carboxylic acids is 1. The number of carboxylic acid groups (broad SMARTS) is 1. The predicted octanol–water partition coefficient (Wildman–Crippen LogP) is 3.01. The lowest BCUT2D eigenvalue weighted by atomic mass is 10.1. The quantitative estimate of drug-likeness (QED) is 0.590. The molecule has 0 aromatic carbocycles. The monoisotopic (exact) mass is 275 g/mol. The Morgan fingerprint density at radius 3 is 2.37 bits per heavy atom. The Kier molecular flexibility index (Phi) is 10.1. The molecule has 0 aliphatic heterocycles. The first-order valence-electron chi connectivity index (χ1n) is 7.14. The third-order valence-corrected chi connectivity index (χ3v) is 2.94. The average molecular weight is 275 g/mol. The summed E-state index contributed by atoms with van der Waals surface area (Å²) in [5.74, 6) is -1.45. The molecule has 0 rings (SSSR count). The maximum absolute atomic E-state index is 13.6. The second-order valence-electron chi connectivity index (χ2n) is 4.86. The molecule has 0 saturated heterocycles. The second-order valence-corrected chi connectivity index (χ2v) is 4.86. The smallest absolute Gasteiger partial charge is 0.323 e. The van der Waals surface area contributed by atoms with Crippen LogP contribution in [0.15, 0.2) is 0 Å².